The highest BCUT2D eigenvalue weighted by Gasteiger charge is 2.28. The highest BCUT2D eigenvalue weighted by molar-refractivity contribution is 5.25. The number of hydrogen-bond donors (Lipinski definition) is 2. The number of β-amino-alcohol motifs (C(OH)–C–C–N with tert-alkyl or cyclic N) is 1. The van der Waals surface area contributed by atoms with Crippen LogP contribution in [-0.4, -0.2) is 41.5 Å². The molecule has 84 valence electrons. The van der Waals surface area contributed by atoms with E-state index in [2.05, 4.69) is 15.5 Å². The van der Waals surface area contributed by atoms with Crippen LogP contribution in [-0.2, 0) is 0 Å². The maximum absolute atomic E-state index is 9.36. The summed E-state index contributed by atoms with van der Waals surface area (Å²) in [6.45, 7) is 3.44. The Morgan fingerprint density at radius 1 is 1.67 bits per heavy atom. The minimum atomic E-state index is -0.311. The summed E-state index contributed by atoms with van der Waals surface area (Å²) in [7, 11) is 1.91. The predicted octanol–water partition coefficient (Wildman–Crippen LogP) is -0.0790. The summed E-state index contributed by atoms with van der Waals surface area (Å²) in [6.07, 6.45) is 0.326. The lowest BCUT2D eigenvalue weighted by Gasteiger charge is -2.09. The van der Waals surface area contributed by atoms with Crippen LogP contribution in [0.15, 0.2) is 4.52 Å². The van der Waals surface area contributed by atoms with Gasteiger partial charge in [0.05, 0.1) is 12.1 Å². The fraction of sp³-hybridized carbons (Fsp3) is 0.778. The van der Waals surface area contributed by atoms with Crippen LogP contribution in [0.4, 0.5) is 5.95 Å². The summed E-state index contributed by atoms with van der Waals surface area (Å²) in [5.41, 5.74) is 0. The van der Waals surface area contributed by atoms with E-state index in [0.29, 0.717) is 24.8 Å². The fourth-order valence-electron chi connectivity index (χ4n) is 1.57. The van der Waals surface area contributed by atoms with Crippen LogP contribution in [0.1, 0.15) is 25.3 Å². The third kappa shape index (κ3) is 2.10. The quantitative estimate of drug-likeness (QED) is 0.730. The molecule has 2 heterocycles. The highest BCUT2D eigenvalue weighted by Crippen LogP contribution is 2.23. The van der Waals surface area contributed by atoms with Crippen molar-refractivity contribution in [3.63, 3.8) is 0 Å². The first kappa shape index (κ1) is 10.4. The van der Waals surface area contributed by atoms with Gasteiger partial charge in [0.2, 0.25) is 5.89 Å². The number of aromatic nitrogens is 2. The lowest BCUT2D eigenvalue weighted by atomic mass is 10.2. The van der Waals surface area contributed by atoms with E-state index in [1.807, 2.05) is 18.9 Å². The number of nitrogens with zero attached hydrogens (tertiary/aromatic N) is 3. The smallest absolute Gasteiger partial charge is 0.265 e. The van der Waals surface area contributed by atoms with E-state index in [4.69, 9.17) is 4.52 Å². The molecule has 2 rings (SSSR count). The molecule has 1 aromatic rings. The maximum atomic E-state index is 9.36. The molecular weight excluding hydrogens is 196 g/mol. The number of aliphatic hydroxyl groups is 1. The van der Waals surface area contributed by atoms with Crippen LogP contribution in [0.2, 0.25) is 0 Å². The molecule has 1 unspecified atom stereocenters. The highest BCUT2D eigenvalue weighted by atomic mass is 16.5. The molecule has 1 aliphatic heterocycles. The molecule has 6 heteroatoms. The molecule has 6 nitrogen and oxygen atoms in total. The van der Waals surface area contributed by atoms with E-state index < -0.39 is 0 Å². The second-order valence-electron chi connectivity index (χ2n) is 3.80. The molecule has 1 aliphatic rings. The first-order chi connectivity index (χ1) is 7.20. The molecule has 0 aliphatic carbocycles. The first-order valence-corrected chi connectivity index (χ1v) is 5.17. The number of hydrogen-bond acceptors (Lipinski definition) is 6. The van der Waals surface area contributed by atoms with Crippen molar-refractivity contribution in [1.29, 1.82) is 0 Å². The van der Waals surface area contributed by atoms with Gasteiger partial charge in [0, 0.05) is 20.1 Å². The van der Waals surface area contributed by atoms with Crippen molar-refractivity contribution in [1.82, 2.24) is 15.5 Å². The zero-order valence-electron chi connectivity index (χ0n) is 8.97. The Bertz CT molecular complexity index is 328. The van der Waals surface area contributed by atoms with E-state index in [1.54, 1.807) is 0 Å². The van der Waals surface area contributed by atoms with E-state index in [0.717, 1.165) is 6.54 Å². The van der Waals surface area contributed by atoms with Crippen LogP contribution < -0.4 is 10.2 Å². The maximum Gasteiger partial charge on any atom is 0.265 e. The van der Waals surface area contributed by atoms with Gasteiger partial charge in [0.25, 0.3) is 5.95 Å². The number of aliphatic hydroxyl groups excluding tert-OH is 1. The van der Waals surface area contributed by atoms with Crippen LogP contribution in [0.5, 0.6) is 0 Å². The van der Waals surface area contributed by atoms with E-state index in [-0.39, 0.29) is 12.1 Å². The minimum Gasteiger partial charge on any atom is -0.392 e. The third-order valence-electron chi connectivity index (χ3n) is 2.65. The summed E-state index contributed by atoms with van der Waals surface area (Å²) >= 11 is 0. The Labute approximate surface area is 88.3 Å². The van der Waals surface area contributed by atoms with Crippen molar-refractivity contribution >= 4 is 5.95 Å². The van der Waals surface area contributed by atoms with Gasteiger partial charge in [0.15, 0.2) is 0 Å². The molecule has 0 amide bonds. The molecule has 15 heavy (non-hydrogen) atoms. The molecule has 2 N–H and O–H groups in total. The van der Waals surface area contributed by atoms with Gasteiger partial charge in [-0.2, -0.15) is 4.98 Å². The predicted molar refractivity (Wildman–Crippen MR) is 54.6 cm³/mol. The average molecular weight is 212 g/mol. The number of rotatable bonds is 3. The van der Waals surface area contributed by atoms with E-state index in [9.17, 15) is 5.11 Å². The van der Waals surface area contributed by atoms with Crippen LogP contribution in [0.25, 0.3) is 0 Å². The van der Waals surface area contributed by atoms with Crippen molar-refractivity contribution in [2.24, 2.45) is 0 Å². The van der Waals surface area contributed by atoms with Crippen molar-refractivity contribution < 1.29 is 9.63 Å². The lowest BCUT2D eigenvalue weighted by molar-refractivity contribution is 0.191. The van der Waals surface area contributed by atoms with Gasteiger partial charge >= 0.3 is 0 Å². The molecule has 1 aromatic heterocycles. The normalized spacial score (nSPS) is 25.8. The zero-order valence-corrected chi connectivity index (χ0v) is 8.97. The Hall–Kier alpha value is -1.14. The summed E-state index contributed by atoms with van der Waals surface area (Å²) in [4.78, 5) is 6.17. The molecule has 1 fully saturated rings. The number of anilines is 1. The Morgan fingerprint density at radius 2 is 2.47 bits per heavy atom. The van der Waals surface area contributed by atoms with Gasteiger partial charge in [-0.3, -0.25) is 0 Å². The Balaban J connectivity index is 2.07. The average Bonchev–Trinajstić information content (AvgIpc) is 2.84. The molecule has 0 radical (unpaired) electrons. The van der Waals surface area contributed by atoms with Crippen LogP contribution in [0.3, 0.4) is 0 Å². The molecular formula is C9H16N4O2. The second kappa shape index (κ2) is 4.16. The van der Waals surface area contributed by atoms with E-state index >= 15 is 0 Å². The topological polar surface area (TPSA) is 74.4 Å². The zero-order chi connectivity index (χ0) is 10.8. The van der Waals surface area contributed by atoms with Crippen LogP contribution in [0, 0.1) is 0 Å². The molecule has 0 spiro atoms. The van der Waals surface area contributed by atoms with Crippen molar-refractivity contribution in [3.8, 4) is 0 Å². The third-order valence-corrected chi connectivity index (χ3v) is 2.65. The SMILES string of the molecule is CCN(C)c1noc([C@@H]2CC(O)CN2)n1. The molecule has 2 atom stereocenters. The first-order valence-electron chi connectivity index (χ1n) is 5.17. The number of nitrogens with one attached hydrogen (secondary N) is 1. The summed E-state index contributed by atoms with van der Waals surface area (Å²) in [6, 6.07) is -0.00786. The molecule has 1 saturated heterocycles. The molecule has 0 saturated carbocycles. The molecule has 0 aromatic carbocycles. The van der Waals surface area contributed by atoms with Crippen LogP contribution >= 0.6 is 0 Å². The minimum absolute atomic E-state index is 0.00786. The van der Waals surface area contributed by atoms with Gasteiger partial charge in [-0.15, -0.1) is 0 Å². The molecule has 0 bridgehead atoms. The van der Waals surface area contributed by atoms with Gasteiger partial charge in [0.1, 0.15) is 0 Å². The second-order valence-corrected chi connectivity index (χ2v) is 3.80. The van der Waals surface area contributed by atoms with Crippen molar-refractivity contribution in [2.45, 2.75) is 25.5 Å². The van der Waals surface area contributed by atoms with Gasteiger partial charge in [-0.1, -0.05) is 0 Å². The van der Waals surface area contributed by atoms with E-state index in [1.165, 1.54) is 0 Å². The summed E-state index contributed by atoms with van der Waals surface area (Å²) in [5, 5.41) is 16.4. The van der Waals surface area contributed by atoms with Crippen molar-refractivity contribution in [3.05, 3.63) is 5.89 Å². The summed E-state index contributed by atoms with van der Waals surface area (Å²) < 4.78 is 5.14. The van der Waals surface area contributed by atoms with Gasteiger partial charge in [-0.25, -0.2) is 0 Å². The fourth-order valence-corrected chi connectivity index (χ4v) is 1.57. The van der Waals surface area contributed by atoms with Crippen molar-refractivity contribution in [2.75, 3.05) is 25.0 Å². The largest absolute Gasteiger partial charge is 0.392 e. The van der Waals surface area contributed by atoms with Gasteiger partial charge < -0.3 is 19.8 Å². The Morgan fingerprint density at radius 3 is 3.07 bits per heavy atom. The monoisotopic (exact) mass is 212 g/mol. The standard InChI is InChI=1S/C9H16N4O2/c1-3-13(2)9-11-8(15-12-9)7-4-6(14)5-10-7/h6-7,10,14H,3-5H2,1-2H3/t6?,7-/m0/s1. The lowest BCUT2D eigenvalue weighted by Crippen LogP contribution is -2.18. The van der Waals surface area contributed by atoms with Gasteiger partial charge in [-0.05, 0) is 18.5 Å². The summed E-state index contributed by atoms with van der Waals surface area (Å²) in [5.74, 6) is 1.15. The Kier molecular flexibility index (Phi) is 2.88.